The highest BCUT2D eigenvalue weighted by atomic mass is 16.5. The third kappa shape index (κ3) is 7.99. The maximum atomic E-state index is 6.08. The van der Waals surface area contributed by atoms with E-state index in [1.54, 1.807) is 0 Å². The molecule has 1 aromatic heterocycles. The number of ether oxygens (including phenoxy) is 1. The van der Waals surface area contributed by atoms with Crippen LogP contribution in [0, 0.1) is 0 Å². The molecular weight excluding hydrogens is 234 g/mol. The van der Waals surface area contributed by atoms with E-state index >= 15 is 0 Å². The van der Waals surface area contributed by atoms with E-state index < -0.39 is 0 Å². The van der Waals surface area contributed by atoms with Gasteiger partial charge in [-0.2, -0.15) is 0 Å². The van der Waals surface area contributed by atoms with Gasteiger partial charge >= 0.3 is 0 Å². The molecule has 0 aliphatic rings. The molecule has 108 valence electrons. The fourth-order valence-corrected chi connectivity index (χ4v) is 2.25. The molecule has 0 amide bonds. The summed E-state index contributed by atoms with van der Waals surface area (Å²) >= 11 is 0. The molecule has 0 saturated heterocycles. The molecule has 0 saturated carbocycles. The smallest absolute Gasteiger partial charge is 0.0735 e. The number of unbranched alkanes of at least 4 members (excludes halogenated alkanes) is 4. The van der Waals surface area contributed by atoms with Crippen LogP contribution >= 0.6 is 0 Å². The van der Waals surface area contributed by atoms with Gasteiger partial charge in [-0.05, 0) is 24.5 Å². The lowest BCUT2D eigenvalue weighted by atomic mass is 10.0. The number of hydrogen-bond donors (Lipinski definition) is 0. The number of nitrogens with zero attached hydrogens (tertiary/aromatic N) is 1. The van der Waals surface area contributed by atoms with Gasteiger partial charge in [-0.15, -0.1) is 0 Å². The Hall–Kier alpha value is -0.890. The van der Waals surface area contributed by atoms with Crippen LogP contribution in [-0.4, -0.2) is 11.1 Å². The van der Waals surface area contributed by atoms with E-state index in [2.05, 4.69) is 24.9 Å². The Labute approximate surface area is 118 Å². The van der Waals surface area contributed by atoms with Gasteiger partial charge in [0, 0.05) is 12.4 Å². The van der Waals surface area contributed by atoms with Crippen LogP contribution in [0.4, 0.5) is 0 Å². The Bertz CT molecular complexity index is 289. The zero-order valence-corrected chi connectivity index (χ0v) is 12.6. The molecule has 0 spiro atoms. The van der Waals surface area contributed by atoms with E-state index in [0.717, 1.165) is 0 Å². The normalized spacial score (nSPS) is 11.1. The van der Waals surface area contributed by atoms with Crippen LogP contribution in [0.1, 0.15) is 70.8 Å². The molecule has 0 N–H and O–H groups in total. The third-order valence-electron chi connectivity index (χ3n) is 3.47. The van der Waals surface area contributed by atoms with Crippen molar-refractivity contribution < 1.29 is 4.74 Å². The second-order valence-corrected chi connectivity index (χ2v) is 5.29. The summed E-state index contributed by atoms with van der Waals surface area (Å²) in [5, 5.41) is 0. The minimum Gasteiger partial charge on any atom is -0.373 e. The summed E-state index contributed by atoms with van der Waals surface area (Å²) in [5.41, 5.74) is 1.18. The van der Waals surface area contributed by atoms with Gasteiger partial charge in [0.2, 0.25) is 0 Å². The summed E-state index contributed by atoms with van der Waals surface area (Å²) in [5.74, 6) is 0. The molecule has 0 aliphatic heterocycles. The van der Waals surface area contributed by atoms with Crippen LogP contribution in [0.15, 0.2) is 24.5 Å². The lowest BCUT2D eigenvalue weighted by Crippen LogP contribution is -2.13. The average molecular weight is 263 g/mol. The topological polar surface area (TPSA) is 22.1 Å². The van der Waals surface area contributed by atoms with Gasteiger partial charge in [-0.3, -0.25) is 4.98 Å². The monoisotopic (exact) mass is 263 g/mol. The Kier molecular flexibility index (Phi) is 9.34. The fraction of sp³-hybridized carbons (Fsp3) is 0.706. The molecule has 0 fully saturated rings. The number of aromatic nitrogens is 1. The lowest BCUT2D eigenvalue weighted by Gasteiger charge is -2.18. The summed E-state index contributed by atoms with van der Waals surface area (Å²) in [6.45, 7) is 5.21. The Morgan fingerprint density at radius 3 is 2.26 bits per heavy atom. The van der Waals surface area contributed by atoms with Crippen LogP contribution in [0.3, 0.4) is 0 Å². The molecular formula is C17H29NO. The third-order valence-corrected chi connectivity index (χ3v) is 3.47. The van der Waals surface area contributed by atoms with Crippen LogP contribution in [-0.2, 0) is 11.3 Å². The number of pyridine rings is 1. The second kappa shape index (κ2) is 11.0. The molecule has 1 heterocycles. The Morgan fingerprint density at radius 2 is 1.74 bits per heavy atom. The zero-order valence-electron chi connectivity index (χ0n) is 12.6. The highest BCUT2D eigenvalue weighted by molar-refractivity contribution is 5.06. The van der Waals surface area contributed by atoms with Crippen LogP contribution in [0.25, 0.3) is 0 Å². The minimum atomic E-state index is 0.429. The van der Waals surface area contributed by atoms with E-state index in [0.29, 0.717) is 12.7 Å². The van der Waals surface area contributed by atoms with Crippen molar-refractivity contribution in [3.8, 4) is 0 Å². The zero-order chi connectivity index (χ0) is 13.8. The van der Waals surface area contributed by atoms with Crippen molar-refractivity contribution in [2.75, 3.05) is 0 Å². The van der Waals surface area contributed by atoms with E-state index in [1.807, 2.05) is 18.5 Å². The van der Waals surface area contributed by atoms with Crippen molar-refractivity contribution in [1.82, 2.24) is 4.98 Å². The summed E-state index contributed by atoms with van der Waals surface area (Å²) in [6.07, 6.45) is 14.3. The highest BCUT2D eigenvalue weighted by Crippen LogP contribution is 2.16. The van der Waals surface area contributed by atoms with Gasteiger partial charge in [0.1, 0.15) is 0 Å². The standard InChI is InChI=1S/C17H29NO/c1-3-5-7-11-17(12-8-6-4-2)19-15-16-10-9-13-18-14-16/h9-10,13-14,17H,3-8,11-12,15H2,1-2H3. The molecule has 0 atom stereocenters. The molecule has 19 heavy (non-hydrogen) atoms. The van der Waals surface area contributed by atoms with Gasteiger partial charge in [-0.25, -0.2) is 0 Å². The summed E-state index contributed by atoms with van der Waals surface area (Å²) in [6, 6.07) is 4.06. The molecule has 0 radical (unpaired) electrons. The molecule has 0 aromatic carbocycles. The Morgan fingerprint density at radius 1 is 1.05 bits per heavy atom. The average Bonchev–Trinajstić information content (AvgIpc) is 2.45. The summed E-state index contributed by atoms with van der Waals surface area (Å²) in [7, 11) is 0. The van der Waals surface area contributed by atoms with Crippen LogP contribution < -0.4 is 0 Å². The van der Waals surface area contributed by atoms with Crippen LogP contribution in [0.2, 0.25) is 0 Å². The van der Waals surface area contributed by atoms with E-state index in [1.165, 1.54) is 56.9 Å². The summed E-state index contributed by atoms with van der Waals surface area (Å²) in [4.78, 5) is 4.13. The van der Waals surface area contributed by atoms with Gasteiger partial charge in [0.25, 0.3) is 0 Å². The van der Waals surface area contributed by atoms with Crippen molar-refractivity contribution in [2.24, 2.45) is 0 Å². The van der Waals surface area contributed by atoms with Crippen LogP contribution in [0.5, 0.6) is 0 Å². The van der Waals surface area contributed by atoms with Gasteiger partial charge in [-0.1, -0.05) is 58.4 Å². The fourth-order valence-electron chi connectivity index (χ4n) is 2.25. The molecule has 2 nitrogen and oxygen atoms in total. The largest absolute Gasteiger partial charge is 0.373 e. The quantitative estimate of drug-likeness (QED) is 0.516. The predicted molar refractivity (Wildman–Crippen MR) is 81.1 cm³/mol. The summed E-state index contributed by atoms with van der Waals surface area (Å²) < 4.78 is 6.08. The number of hydrogen-bond acceptors (Lipinski definition) is 2. The van der Waals surface area contributed by atoms with Crippen molar-refractivity contribution in [3.63, 3.8) is 0 Å². The maximum Gasteiger partial charge on any atom is 0.0735 e. The second-order valence-electron chi connectivity index (χ2n) is 5.29. The van der Waals surface area contributed by atoms with Gasteiger partial charge < -0.3 is 4.74 Å². The van der Waals surface area contributed by atoms with Crippen molar-refractivity contribution in [1.29, 1.82) is 0 Å². The first-order valence-corrected chi connectivity index (χ1v) is 7.87. The first kappa shape index (κ1) is 16.2. The first-order valence-electron chi connectivity index (χ1n) is 7.87. The Balaban J connectivity index is 2.30. The molecule has 1 rings (SSSR count). The highest BCUT2D eigenvalue weighted by Gasteiger charge is 2.09. The molecule has 0 unspecified atom stereocenters. The first-order chi connectivity index (χ1) is 9.36. The predicted octanol–water partition coefficient (Wildman–Crippen LogP) is 5.13. The molecule has 0 aliphatic carbocycles. The van der Waals surface area contributed by atoms with E-state index in [-0.39, 0.29) is 0 Å². The van der Waals surface area contributed by atoms with Crippen molar-refractivity contribution in [3.05, 3.63) is 30.1 Å². The minimum absolute atomic E-state index is 0.429. The lowest BCUT2D eigenvalue weighted by molar-refractivity contribution is 0.0261. The SMILES string of the molecule is CCCCCC(CCCCC)OCc1cccnc1. The molecule has 1 aromatic rings. The van der Waals surface area contributed by atoms with Gasteiger partial charge in [0.15, 0.2) is 0 Å². The van der Waals surface area contributed by atoms with Crippen molar-refractivity contribution >= 4 is 0 Å². The van der Waals surface area contributed by atoms with Crippen molar-refractivity contribution in [2.45, 2.75) is 77.9 Å². The number of rotatable bonds is 11. The molecule has 2 heteroatoms. The van der Waals surface area contributed by atoms with E-state index in [9.17, 15) is 0 Å². The molecule has 0 bridgehead atoms. The maximum absolute atomic E-state index is 6.08. The van der Waals surface area contributed by atoms with E-state index in [4.69, 9.17) is 4.74 Å². The van der Waals surface area contributed by atoms with Gasteiger partial charge in [0.05, 0.1) is 12.7 Å².